The van der Waals surface area contributed by atoms with E-state index in [0.717, 1.165) is 22.7 Å². The lowest BCUT2D eigenvalue weighted by Crippen LogP contribution is -2.18. The van der Waals surface area contributed by atoms with Crippen LogP contribution in [-0.4, -0.2) is 29.2 Å². The molecule has 0 radical (unpaired) electrons. The summed E-state index contributed by atoms with van der Waals surface area (Å²) in [5.74, 6) is 2.16. The van der Waals surface area contributed by atoms with E-state index in [9.17, 15) is 0 Å². The van der Waals surface area contributed by atoms with Crippen molar-refractivity contribution in [3.8, 4) is 16.5 Å². The Morgan fingerprint density at radius 2 is 2.13 bits per heavy atom. The topological polar surface area (TPSA) is 51.4 Å². The maximum absolute atomic E-state index is 5.43. The van der Waals surface area contributed by atoms with Gasteiger partial charge in [-0.15, -0.1) is 11.3 Å². The molecular formula is C17H19N3O2S. The molecule has 0 aliphatic heterocycles. The van der Waals surface area contributed by atoms with Gasteiger partial charge in [0, 0.05) is 12.1 Å². The summed E-state index contributed by atoms with van der Waals surface area (Å²) in [6.07, 6.45) is 0. The van der Waals surface area contributed by atoms with Crippen LogP contribution in [0.3, 0.4) is 0 Å². The SMILES string of the molecule is COc1ccc(C)cc1CN(C)Cc1nc(-c2cccs2)no1. The van der Waals surface area contributed by atoms with E-state index in [1.165, 1.54) is 5.56 Å². The summed E-state index contributed by atoms with van der Waals surface area (Å²) in [4.78, 5) is 7.60. The fraction of sp³-hybridized carbons (Fsp3) is 0.294. The molecule has 0 saturated heterocycles. The molecule has 0 N–H and O–H groups in total. The van der Waals surface area contributed by atoms with Gasteiger partial charge in [-0.3, -0.25) is 4.90 Å². The summed E-state index contributed by atoms with van der Waals surface area (Å²) in [5.41, 5.74) is 2.36. The fourth-order valence-corrected chi connectivity index (χ4v) is 3.08. The van der Waals surface area contributed by atoms with Crippen molar-refractivity contribution in [2.24, 2.45) is 0 Å². The quantitative estimate of drug-likeness (QED) is 0.689. The summed E-state index contributed by atoms with van der Waals surface area (Å²) < 4.78 is 10.8. The molecule has 0 fully saturated rings. The molecule has 0 amide bonds. The second kappa shape index (κ2) is 6.93. The van der Waals surface area contributed by atoms with E-state index >= 15 is 0 Å². The molecule has 23 heavy (non-hydrogen) atoms. The van der Waals surface area contributed by atoms with Gasteiger partial charge < -0.3 is 9.26 Å². The first-order valence-corrected chi connectivity index (χ1v) is 8.22. The van der Waals surface area contributed by atoms with Gasteiger partial charge in [0.15, 0.2) is 0 Å². The number of aromatic nitrogens is 2. The van der Waals surface area contributed by atoms with Gasteiger partial charge in [-0.05, 0) is 31.5 Å². The molecule has 3 rings (SSSR count). The monoisotopic (exact) mass is 329 g/mol. The number of thiophene rings is 1. The number of nitrogens with zero attached hydrogens (tertiary/aromatic N) is 3. The molecule has 0 unspecified atom stereocenters. The Hall–Kier alpha value is -2.18. The number of hydrogen-bond donors (Lipinski definition) is 0. The lowest BCUT2D eigenvalue weighted by atomic mass is 10.1. The van der Waals surface area contributed by atoms with Gasteiger partial charge >= 0.3 is 0 Å². The Kier molecular flexibility index (Phi) is 4.73. The number of aryl methyl sites for hydroxylation is 1. The Balaban J connectivity index is 1.68. The molecule has 0 aliphatic carbocycles. The molecule has 6 heteroatoms. The second-order valence-corrected chi connectivity index (χ2v) is 6.42. The van der Waals surface area contributed by atoms with Crippen molar-refractivity contribution in [1.82, 2.24) is 15.0 Å². The van der Waals surface area contributed by atoms with Crippen LogP contribution < -0.4 is 4.74 Å². The van der Waals surface area contributed by atoms with Crippen LogP contribution in [-0.2, 0) is 13.1 Å². The van der Waals surface area contributed by atoms with Gasteiger partial charge in [-0.1, -0.05) is 28.9 Å². The summed E-state index contributed by atoms with van der Waals surface area (Å²) in [7, 11) is 3.72. The van der Waals surface area contributed by atoms with Gasteiger partial charge in [0.1, 0.15) is 5.75 Å². The molecule has 0 saturated carbocycles. The molecule has 2 aromatic heterocycles. The van der Waals surface area contributed by atoms with Crippen molar-refractivity contribution in [2.75, 3.05) is 14.2 Å². The molecular weight excluding hydrogens is 310 g/mol. The van der Waals surface area contributed by atoms with Crippen molar-refractivity contribution >= 4 is 11.3 Å². The standard InChI is InChI=1S/C17H19N3O2S/c1-12-6-7-14(21-3)13(9-12)10-20(2)11-16-18-17(19-22-16)15-5-4-8-23-15/h4-9H,10-11H2,1-3H3. The number of rotatable bonds is 6. The Morgan fingerprint density at radius 1 is 1.26 bits per heavy atom. The van der Waals surface area contributed by atoms with Crippen LogP contribution in [0.15, 0.2) is 40.2 Å². The van der Waals surface area contributed by atoms with E-state index in [-0.39, 0.29) is 0 Å². The zero-order valence-corrected chi connectivity index (χ0v) is 14.3. The normalized spacial score (nSPS) is 11.1. The van der Waals surface area contributed by atoms with Crippen molar-refractivity contribution < 1.29 is 9.26 Å². The first-order valence-electron chi connectivity index (χ1n) is 7.34. The first kappa shape index (κ1) is 15.7. The van der Waals surface area contributed by atoms with E-state index in [4.69, 9.17) is 9.26 Å². The van der Waals surface area contributed by atoms with E-state index in [1.54, 1.807) is 18.4 Å². The zero-order chi connectivity index (χ0) is 16.2. The number of hydrogen-bond acceptors (Lipinski definition) is 6. The number of methoxy groups -OCH3 is 1. The van der Waals surface area contributed by atoms with Crippen LogP contribution in [0.5, 0.6) is 5.75 Å². The molecule has 1 aromatic carbocycles. The maximum Gasteiger partial charge on any atom is 0.241 e. The van der Waals surface area contributed by atoms with Gasteiger partial charge in [-0.2, -0.15) is 4.98 Å². The molecule has 0 bridgehead atoms. The highest BCUT2D eigenvalue weighted by molar-refractivity contribution is 7.13. The van der Waals surface area contributed by atoms with Crippen molar-refractivity contribution in [3.05, 3.63) is 52.7 Å². The van der Waals surface area contributed by atoms with Gasteiger partial charge in [-0.25, -0.2) is 0 Å². The van der Waals surface area contributed by atoms with Crippen LogP contribution in [0.1, 0.15) is 17.0 Å². The Bertz CT molecular complexity index is 768. The number of benzene rings is 1. The minimum atomic E-state index is 0.593. The number of ether oxygens (including phenoxy) is 1. The minimum absolute atomic E-state index is 0.593. The average molecular weight is 329 g/mol. The summed E-state index contributed by atoms with van der Waals surface area (Å²) >= 11 is 1.60. The van der Waals surface area contributed by atoms with E-state index in [1.807, 2.05) is 36.7 Å². The second-order valence-electron chi connectivity index (χ2n) is 5.48. The average Bonchev–Trinajstić information content (AvgIpc) is 3.18. The maximum atomic E-state index is 5.43. The minimum Gasteiger partial charge on any atom is -0.496 e. The summed E-state index contributed by atoms with van der Waals surface area (Å²) in [6, 6.07) is 10.2. The Labute approximate surface area is 139 Å². The third-order valence-electron chi connectivity index (χ3n) is 3.49. The van der Waals surface area contributed by atoms with E-state index < -0.39 is 0 Å². The van der Waals surface area contributed by atoms with Crippen molar-refractivity contribution in [3.63, 3.8) is 0 Å². The van der Waals surface area contributed by atoms with Crippen molar-refractivity contribution in [2.45, 2.75) is 20.0 Å². The van der Waals surface area contributed by atoms with Crippen LogP contribution in [0.25, 0.3) is 10.7 Å². The fourth-order valence-electron chi connectivity index (χ4n) is 2.43. The largest absolute Gasteiger partial charge is 0.496 e. The van der Waals surface area contributed by atoms with E-state index in [0.29, 0.717) is 18.3 Å². The van der Waals surface area contributed by atoms with Crippen LogP contribution >= 0.6 is 11.3 Å². The third-order valence-corrected chi connectivity index (χ3v) is 4.36. The lowest BCUT2D eigenvalue weighted by Gasteiger charge is -2.17. The zero-order valence-electron chi connectivity index (χ0n) is 13.4. The molecule has 5 nitrogen and oxygen atoms in total. The first-order chi connectivity index (χ1) is 11.2. The van der Waals surface area contributed by atoms with Gasteiger partial charge in [0.05, 0.1) is 18.5 Å². The molecule has 3 aromatic rings. The predicted molar refractivity (Wildman–Crippen MR) is 90.5 cm³/mol. The summed E-state index contributed by atoms with van der Waals surface area (Å²) in [6.45, 7) is 3.42. The lowest BCUT2D eigenvalue weighted by molar-refractivity contribution is 0.257. The van der Waals surface area contributed by atoms with Crippen LogP contribution in [0.2, 0.25) is 0 Å². The molecule has 0 aliphatic rings. The highest BCUT2D eigenvalue weighted by Crippen LogP contribution is 2.23. The highest BCUT2D eigenvalue weighted by atomic mass is 32.1. The van der Waals surface area contributed by atoms with Gasteiger partial charge in [0.25, 0.3) is 0 Å². The van der Waals surface area contributed by atoms with Crippen LogP contribution in [0.4, 0.5) is 0 Å². The van der Waals surface area contributed by atoms with Gasteiger partial charge in [0.2, 0.25) is 11.7 Å². The smallest absolute Gasteiger partial charge is 0.241 e. The molecule has 0 atom stereocenters. The summed E-state index contributed by atoms with van der Waals surface area (Å²) in [5, 5.41) is 6.04. The van der Waals surface area contributed by atoms with Crippen LogP contribution in [0, 0.1) is 6.92 Å². The molecule has 0 spiro atoms. The Morgan fingerprint density at radius 3 is 2.87 bits per heavy atom. The molecule has 120 valence electrons. The highest BCUT2D eigenvalue weighted by Gasteiger charge is 2.13. The third kappa shape index (κ3) is 3.78. The van der Waals surface area contributed by atoms with E-state index in [2.05, 4.69) is 28.0 Å². The predicted octanol–water partition coefficient (Wildman–Crippen LogP) is 3.75. The molecule has 2 heterocycles. The van der Waals surface area contributed by atoms with Crippen molar-refractivity contribution in [1.29, 1.82) is 0 Å².